The Balaban J connectivity index is 1.29. The van der Waals surface area contributed by atoms with Crippen LogP contribution in [-0.4, -0.2) is 40.3 Å². The quantitative estimate of drug-likeness (QED) is 0.659. The van der Waals surface area contributed by atoms with E-state index in [4.69, 9.17) is 9.84 Å². The predicted octanol–water partition coefficient (Wildman–Crippen LogP) is 5.30. The van der Waals surface area contributed by atoms with E-state index in [2.05, 4.69) is 41.4 Å². The van der Waals surface area contributed by atoms with E-state index in [1.807, 2.05) is 18.3 Å². The van der Waals surface area contributed by atoms with Gasteiger partial charge in [-0.05, 0) is 53.6 Å². The van der Waals surface area contributed by atoms with Gasteiger partial charge in [-0.15, -0.1) is 0 Å². The first-order valence-corrected chi connectivity index (χ1v) is 10.3. The van der Waals surface area contributed by atoms with E-state index >= 15 is 0 Å². The maximum Gasteiger partial charge on any atom is 0.407 e. The fourth-order valence-corrected chi connectivity index (χ4v) is 4.02. The zero-order valence-corrected chi connectivity index (χ0v) is 16.3. The molecule has 0 atom stereocenters. The summed E-state index contributed by atoms with van der Waals surface area (Å²) in [5.41, 5.74) is 3.56. The fourth-order valence-electron chi connectivity index (χ4n) is 4.02. The highest BCUT2D eigenvalue weighted by Gasteiger charge is 2.25. The van der Waals surface area contributed by atoms with Gasteiger partial charge in [-0.2, -0.15) is 0 Å². The molecule has 2 aromatic carbocycles. The molecule has 1 aliphatic carbocycles. The largest absolute Gasteiger partial charge is 0.490 e. The molecule has 2 heterocycles. The van der Waals surface area contributed by atoms with Crippen LogP contribution in [-0.2, 0) is 0 Å². The Hall–Kier alpha value is -3.08. The summed E-state index contributed by atoms with van der Waals surface area (Å²) in [7, 11) is 0. The van der Waals surface area contributed by atoms with Crippen molar-refractivity contribution in [3.63, 3.8) is 0 Å². The van der Waals surface area contributed by atoms with E-state index in [0.717, 1.165) is 24.2 Å². The second-order valence-electron chi connectivity index (χ2n) is 8.06. The Kier molecular flexibility index (Phi) is 4.58. The topological polar surface area (TPSA) is 62.7 Å². The Morgan fingerprint density at radius 1 is 0.931 bits per heavy atom. The highest BCUT2D eigenvalue weighted by Crippen LogP contribution is 2.40. The molecule has 148 valence electrons. The van der Waals surface area contributed by atoms with Gasteiger partial charge in [0.15, 0.2) is 0 Å². The Bertz CT molecular complexity index is 1040. The molecule has 1 amide bonds. The molecule has 29 heavy (non-hydrogen) atoms. The van der Waals surface area contributed by atoms with Gasteiger partial charge in [-0.3, -0.25) is 4.98 Å². The monoisotopic (exact) mass is 388 g/mol. The number of rotatable bonds is 4. The third-order valence-corrected chi connectivity index (χ3v) is 5.94. The zero-order chi connectivity index (χ0) is 19.8. The second-order valence-corrected chi connectivity index (χ2v) is 8.06. The number of ether oxygens (including phenoxy) is 1. The van der Waals surface area contributed by atoms with Gasteiger partial charge in [0.2, 0.25) is 0 Å². The molecule has 3 aromatic rings. The number of likely N-dealkylation sites (tertiary alicyclic amines) is 1. The van der Waals surface area contributed by atoms with Crippen LogP contribution in [0, 0.1) is 0 Å². The number of fused-ring (bicyclic) bond motifs is 1. The van der Waals surface area contributed by atoms with Crippen molar-refractivity contribution in [3.8, 4) is 16.9 Å². The maximum atomic E-state index is 11.0. The van der Waals surface area contributed by atoms with E-state index in [-0.39, 0.29) is 6.10 Å². The number of carbonyl (C=O) groups is 1. The molecule has 1 aliphatic heterocycles. The average molecular weight is 388 g/mol. The van der Waals surface area contributed by atoms with E-state index in [0.29, 0.717) is 19.0 Å². The zero-order valence-electron chi connectivity index (χ0n) is 16.3. The molecule has 1 N–H and O–H groups in total. The number of amides is 1. The van der Waals surface area contributed by atoms with Crippen molar-refractivity contribution in [2.45, 2.75) is 37.7 Å². The molecule has 2 aliphatic rings. The molecule has 1 saturated heterocycles. The number of pyridine rings is 1. The summed E-state index contributed by atoms with van der Waals surface area (Å²) in [6.45, 7) is 1.07. The average Bonchev–Trinajstić information content (AvgIpc) is 3.59. The fraction of sp³-hybridized carbons (Fsp3) is 0.333. The smallest absolute Gasteiger partial charge is 0.407 e. The summed E-state index contributed by atoms with van der Waals surface area (Å²) in [6, 6.07) is 16.9. The van der Waals surface area contributed by atoms with Crippen molar-refractivity contribution in [1.82, 2.24) is 9.88 Å². The molecule has 0 radical (unpaired) electrons. The molecular formula is C24H24N2O3. The predicted molar refractivity (Wildman–Crippen MR) is 112 cm³/mol. The van der Waals surface area contributed by atoms with Crippen LogP contribution in [0.25, 0.3) is 21.9 Å². The van der Waals surface area contributed by atoms with Crippen molar-refractivity contribution in [2.24, 2.45) is 0 Å². The molecule has 0 unspecified atom stereocenters. The van der Waals surface area contributed by atoms with Gasteiger partial charge >= 0.3 is 6.09 Å². The maximum absolute atomic E-state index is 11.0. The lowest BCUT2D eigenvalue weighted by Gasteiger charge is -2.30. The van der Waals surface area contributed by atoms with Gasteiger partial charge in [-0.1, -0.05) is 24.3 Å². The van der Waals surface area contributed by atoms with Gasteiger partial charge in [0.05, 0.1) is 0 Å². The van der Waals surface area contributed by atoms with E-state index in [1.54, 1.807) is 0 Å². The molecule has 5 rings (SSSR count). The number of nitrogens with zero attached hydrogens (tertiary/aromatic N) is 2. The number of hydrogen-bond donors (Lipinski definition) is 1. The number of hydrogen-bond acceptors (Lipinski definition) is 3. The first-order valence-electron chi connectivity index (χ1n) is 10.3. The van der Waals surface area contributed by atoms with Gasteiger partial charge in [0.1, 0.15) is 11.9 Å². The van der Waals surface area contributed by atoms with Crippen molar-refractivity contribution in [2.75, 3.05) is 13.1 Å². The van der Waals surface area contributed by atoms with Crippen LogP contribution in [0.4, 0.5) is 4.79 Å². The number of carboxylic acid groups (broad SMARTS) is 1. The third kappa shape index (κ3) is 3.90. The van der Waals surface area contributed by atoms with Crippen LogP contribution in [0.5, 0.6) is 5.75 Å². The number of benzene rings is 2. The van der Waals surface area contributed by atoms with Crippen LogP contribution in [0.3, 0.4) is 0 Å². The van der Waals surface area contributed by atoms with Crippen LogP contribution in [0.1, 0.15) is 37.3 Å². The summed E-state index contributed by atoms with van der Waals surface area (Å²) in [5, 5.41) is 11.5. The number of aromatic nitrogens is 1. The molecule has 1 aromatic heterocycles. The molecule has 0 bridgehead atoms. The van der Waals surface area contributed by atoms with Gasteiger partial charge in [-0.25, -0.2) is 4.79 Å². The van der Waals surface area contributed by atoms with Crippen molar-refractivity contribution in [1.29, 1.82) is 0 Å². The third-order valence-electron chi connectivity index (χ3n) is 5.94. The minimum atomic E-state index is -0.844. The van der Waals surface area contributed by atoms with Gasteiger partial charge in [0, 0.05) is 49.1 Å². The Labute approximate surface area is 169 Å². The highest BCUT2D eigenvalue weighted by molar-refractivity contribution is 5.87. The Morgan fingerprint density at radius 3 is 2.34 bits per heavy atom. The van der Waals surface area contributed by atoms with E-state index in [1.165, 1.54) is 39.8 Å². The van der Waals surface area contributed by atoms with Crippen LogP contribution in [0.15, 0.2) is 54.7 Å². The molecule has 1 saturated carbocycles. The summed E-state index contributed by atoms with van der Waals surface area (Å²) < 4.78 is 6.07. The Morgan fingerprint density at radius 2 is 1.66 bits per heavy atom. The summed E-state index contributed by atoms with van der Waals surface area (Å²) in [5.74, 6) is 1.49. The van der Waals surface area contributed by atoms with Crippen molar-refractivity contribution < 1.29 is 14.6 Å². The van der Waals surface area contributed by atoms with Crippen LogP contribution in [0.2, 0.25) is 0 Å². The minimum absolute atomic E-state index is 0.0745. The van der Waals surface area contributed by atoms with Gasteiger partial charge in [0.25, 0.3) is 0 Å². The van der Waals surface area contributed by atoms with E-state index < -0.39 is 6.09 Å². The highest BCUT2D eigenvalue weighted by atomic mass is 16.5. The lowest BCUT2D eigenvalue weighted by Crippen LogP contribution is -2.41. The molecule has 5 nitrogen and oxygen atoms in total. The summed E-state index contributed by atoms with van der Waals surface area (Å²) in [6.07, 6.45) is 5.20. The van der Waals surface area contributed by atoms with Crippen LogP contribution >= 0.6 is 0 Å². The van der Waals surface area contributed by atoms with Gasteiger partial charge < -0.3 is 14.7 Å². The lowest BCUT2D eigenvalue weighted by atomic mass is 10.0. The van der Waals surface area contributed by atoms with E-state index in [9.17, 15) is 4.79 Å². The first-order chi connectivity index (χ1) is 14.2. The normalized spacial score (nSPS) is 17.4. The summed E-state index contributed by atoms with van der Waals surface area (Å²) in [4.78, 5) is 17.1. The molecule has 0 spiro atoms. The second kappa shape index (κ2) is 7.39. The van der Waals surface area contributed by atoms with Crippen molar-refractivity contribution >= 4 is 16.9 Å². The van der Waals surface area contributed by atoms with Crippen LogP contribution < -0.4 is 4.74 Å². The number of piperidine rings is 1. The lowest BCUT2D eigenvalue weighted by molar-refractivity contribution is 0.0895. The molecule has 5 heteroatoms. The van der Waals surface area contributed by atoms with Crippen molar-refractivity contribution in [3.05, 3.63) is 60.4 Å². The minimum Gasteiger partial charge on any atom is -0.490 e. The standard InChI is InChI=1S/C24H24N2O3/c27-24(28)26-11-9-22(10-12-26)29-21-7-5-16(6-8-21)18-3-4-19-15-25-23(17-1-2-17)14-20(19)13-18/h3-8,13-15,17,22H,1-2,9-12H2,(H,27,28). The SMILES string of the molecule is O=C(O)N1CCC(Oc2ccc(-c3ccc4cnc(C5CC5)cc4c3)cc2)CC1. The summed E-state index contributed by atoms with van der Waals surface area (Å²) >= 11 is 0. The molecule has 2 fully saturated rings. The first kappa shape index (κ1) is 18.0. The molecular weight excluding hydrogens is 364 g/mol.